The second kappa shape index (κ2) is 6.22. The molecule has 0 heterocycles. The Bertz CT molecular complexity index is 263. The van der Waals surface area contributed by atoms with Crippen LogP contribution in [0.5, 0.6) is 0 Å². The van der Waals surface area contributed by atoms with E-state index in [0.717, 1.165) is 6.42 Å². The fourth-order valence-corrected chi connectivity index (χ4v) is 1.05. The van der Waals surface area contributed by atoms with E-state index in [1.807, 2.05) is 24.3 Å². The van der Waals surface area contributed by atoms with Gasteiger partial charge in [0, 0.05) is 0 Å². The fraction of sp³-hybridized carbons (Fsp3) is 0.364. The van der Waals surface area contributed by atoms with E-state index in [9.17, 15) is 0 Å². The van der Waals surface area contributed by atoms with Gasteiger partial charge in [0.15, 0.2) is 0 Å². The summed E-state index contributed by atoms with van der Waals surface area (Å²) in [6, 6.07) is 12.2. The lowest BCUT2D eigenvalue weighted by atomic mass is 10.2. The van der Waals surface area contributed by atoms with Gasteiger partial charge in [-0.1, -0.05) is 30.3 Å². The second-order valence-electron chi connectivity index (χ2n) is 2.76. The first kappa shape index (κ1) is 9.76. The minimum absolute atomic E-state index is 0.481. The van der Waals surface area contributed by atoms with Crippen LogP contribution in [0.25, 0.3) is 0 Å². The molecule has 0 amide bonds. The quantitative estimate of drug-likeness (QED) is 0.642. The first-order valence-corrected chi connectivity index (χ1v) is 4.42. The summed E-state index contributed by atoms with van der Waals surface area (Å²) in [5.41, 5.74) is 1.28. The fourth-order valence-electron chi connectivity index (χ4n) is 1.05. The molecule has 0 bridgehead atoms. The molecule has 0 spiro atoms. The van der Waals surface area contributed by atoms with Gasteiger partial charge in [0.05, 0.1) is 25.7 Å². The highest BCUT2D eigenvalue weighted by atomic mass is 16.5. The molecule has 0 saturated heterocycles. The standard InChI is InChI=1S/C11H13NO/c12-8-4-9-13-10-7-11-5-2-1-3-6-11/h1-3,5-6H,4,7,9-10H2. The van der Waals surface area contributed by atoms with Gasteiger partial charge in [-0.2, -0.15) is 5.26 Å². The molecule has 13 heavy (non-hydrogen) atoms. The Balaban J connectivity index is 2.11. The van der Waals surface area contributed by atoms with Gasteiger partial charge in [0.2, 0.25) is 0 Å². The van der Waals surface area contributed by atoms with Crippen LogP contribution in [-0.4, -0.2) is 13.2 Å². The summed E-state index contributed by atoms with van der Waals surface area (Å²) < 4.78 is 5.26. The molecule has 68 valence electrons. The Hall–Kier alpha value is -1.33. The zero-order valence-electron chi connectivity index (χ0n) is 7.57. The first-order valence-electron chi connectivity index (χ1n) is 4.42. The van der Waals surface area contributed by atoms with Crippen LogP contribution < -0.4 is 0 Å². The summed E-state index contributed by atoms with van der Waals surface area (Å²) in [5.74, 6) is 0. The van der Waals surface area contributed by atoms with Crippen LogP contribution in [0.3, 0.4) is 0 Å². The predicted molar refractivity (Wildman–Crippen MR) is 51.2 cm³/mol. The van der Waals surface area contributed by atoms with Gasteiger partial charge in [0.1, 0.15) is 0 Å². The molecular weight excluding hydrogens is 162 g/mol. The normalized spacial score (nSPS) is 9.46. The van der Waals surface area contributed by atoms with Crippen LogP contribution >= 0.6 is 0 Å². The largest absolute Gasteiger partial charge is 0.380 e. The number of hydrogen-bond donors (Lipinski definition) is 0. The zero-order valence-corrected chi connectivity index (χ0v) is 7.57. The number of nitriles is 1. The number of ether oxygens (including phenoxy) is 1. The monoisotopic (exact) mass is 175 g/mol. The molecular formula is C11H13NO. The van der Waals surface area contributed by atoms with Crippen molar-refractivity contribution >= 4 is 0 Å². The first-order chi connectivity index (χ1) is 6.43. The van der Waals surface area contributed by atoms with Crippen molar-refractivity contribution in [3.63, 3.8) is 0 Å². The summed E-state index contributed by atoms with van der Waals surface area (Å²) in [7, 11) is 0. The molecule has 0 atom stereocenters. The Kier molecular flexibility index (Phi) is 4.66. The van der Waals surface area contributed by atoms with Crippen LogP contribution in [0.2, 0.25) is 0 Å². The van der Waals surface area contributed by atoms with Gasteiger partial charge in [-0.05, 0) is 12.0 Å². The van der Waals surface area contributed by atoms with E-state index in [4.69, 9.17) is 10.00 Å². The maximum atomic E-state index is 8.25. The highest BCUT2D eigenvalue weighted by molar-refractivity contribution is 5.14. The average molecular weight is 175 g/mol. The average Bonchev–Trinajstić information content (AvgIpc) is 2.19. The van der Waals surface area contributed by atoms with Crippen LogP contribution in [0.15, 0.2) is 30.3 Å². The van der Waals surface area contributed by atoms with Crippen molar-refractivity contribution in [1.29, 1.82) is 5.26 Å². The van der Waals surface area contributed by atoms with Gasteiger partial charge in [-0.3, -0.25) is 0 Å². The SMILES string of the molecule is N#CCCOCCc1ccccc1. The van der Waals surface area contributed by atoms with Crippen LogP contribution in [0, 0.1) is 11.3 Å². The minimum Gasteiger partial charge on any atom is -0.380 e. The van der Waals surface area contributed by atoms with Crippen LogP contribution in [0.4, 0.5) is 0 Å². The predicted octanol–water partition coefficient (Wildman–Crippen LogP) is 2.16. The maximum Gasteiger partial charge on any atom is 0.0645 e. The van der Waals surface area contributed by atoms with Gasteiger partial charge < -0.3 is 4.74 Å². The lowest BCUT2D eigenvalue weighted by Crippen LogP contribution is -1.99. The van der Waals surface area contributed by atoms with E-state index in [0.29, 0.717) is 19.6 Å². The second-order valence-corrected chi connectivity index (χ2v) is 2.76. The summed E-state index contributed by atoms with van der Waals surface area (Å²) in [6.45, 7) is 1.25. The Morgan fingerprint density at radius 1 is 1.15 bits per heavy atom. The molecule has 0 radical (unpaired) electrons. The number of benzene rings is 1. The van der Waals surface area contributed by atoms with Crippen molar-refractivity contribution < 1.29 is 4.74 Å². The summed E-state index contributed by atoms with van der Waals surface area (Å²) in [5, 5.41) is 8.25. The van der Waals surface area contributed by atoms with Gasteiger partial charge in [-0.25, -0.2) is 0 Å². The molecule has 1 aromatic carbocycles. The molecule has 2 nitrogen and oxygen atoms in total. The topological polar surface area (TPSA) is 33.0 Å². The minimum atomic E-state index is 0.481. The third-order valence-electron chi connectivity index (χ3n) is 1.74. The zero-order chi connectivity index (χ0) is 9.36. The van der Waals surface area contributed by atoms with Crippen molar-refractivity contribution in [3.05, 3.63) is 35.9 Å². The van der Waals surface area contributed by atoms with E-state index in [1.165, 1.54) is 5.56 Å². The van der Waals surface area contributed by atoms with Crippen molar-refractivity contribution in [2.75, 3.05) is 13.2 Å². The molecule has 1 rings (SSSR count). The van der Waals surface area contributed by atoms with Crippen molar-refractivity contribution in [2.24, 2.45) is 0 Å². The summed E-state index contributed by atoms with van der Waals surface area (Å²) in [6.07, 6.45) is 1.40. The van der Waals surface area contributed by atoms with Crippen molar-refractivity contribution in [1.82, 2.24) is 0 Å². The molecule has 0 aliphatic rings. The highest BCUT2D eigenvalue weighted by Crippen LogP contribution is 1.99. The molecule has 0 fully saturated rings. The Morgan fingerprint density at radius 3 is 2.62 bits per heavy atom. The third kappa shape index (κ3) is 4.29. The van der Waals surface area contributed by atoms with Gasteiger partial charge in [-0.15, -0.1) is 0 Å². The number of hydrogen-bond acceptors (Lipinski definition) is 2. The van der Waals surface area contributed by atoms with E-state index in [-0.39, 0.29) is 0 Å². The van der Waals surface area contributed by atoms with E-state index in [1.54, 1.807) is 0 Å². The van der Waals surface area contributed by atoms with Crippen LogP contribution in [0.1, 0.15) is 12.0 Å². The smallest absolute Gasteiger partial charge is 0.0645 e. The lowest BCUT2D eigenvalue weighted by molar-refractivity contribution is 0.143. The highest BCUT2D eigenvalue weighted by Gasteiger charge is 1.91. The molecule has 1 aromatic rings. The van der Waals surface area contributed by atoms with Crippen LogP contribution in [-0.2, 0) is 11.2 Å². The maximum absolute atomic E-state index is 8.25. The van der Waals surface area contributed by atoms with Crippen molar-refractivity contribution in [2.45, 2.75) is 12.8 Å². The van der Waals surface area contributed by atoms with Gasteiger partial charge in [0.25, 0.3) is 0 Å². The number of nitrogens with zero attached hydrogens (tertiary/aromatic N) is 1. The Morgan fingerprint density at radius 2 is 1.92 bits per heavy atom. The summed E-state index contributed by atoms with van der Waals surface area (Å²) >= 11 is 0. The lowest BCUT2D eigenvalue weighted by Gasteiger charge is -2.01. The molecule has 2 heteroatoms. The molecule has 0 N–H and O–H groups in total. The van der Waals surface area contributed by atoms with E-state index >= 15 is 0 Å². The molecule has 0 saturated carbocycles. The third-order valence-corrected chi connectivity index (χ3v) is 1.74. The van der Waals surface area contributed by atoms with E-state index in [2.05, 4.69) is 12.1 Å². The number of rotatable bonds is 5. The molecule has 0 aliphatic heterocycles. The van der Waals surface area contributed by atoms with Gasteiger partial charge >= 0.3 is 0 Å². The summed E-state index contributed by atoms with van der Waals surface area (Å²) in [4.78, 5) is 0. The Labute approximate surface area is 78.8 Å². The molecule has 0 aromatic heterocycles. The van der Waals surface area contributed by atoms with Crippen molar-refractivity contribution in [3.8, 4) is 6.07 Å². The van der Waals surface area contributed by atoms with E-state index < -0.39 is 0 Å². The molecule has 0 unspecified atom stereocenters. The molecule has 0 aliphatic carbocycles.